The minimum atomic E-state index is -1.09. The number of nitrogens with zero attached hydrogens (tertiary/aromatic N) is 1. The maximum Gasteiger partial charge on any atom is 0.325 e. The number of nitrogens with one attached hydrogen (secondary N) is 1. The Hall–Kier alpha value is -2.37. The molecule has 0 spiro atoms. The van der Waals surface area contributed by atoms with Crippen LogP contribution in [0, 0.1) is 12.8 Å². The van der Waals surface area contributed by atoms with E-state index in [1.165, 1.54) is 6.92 Å². The largest absolute Gasteiger partial charge is 0.480 e. The maximum atomic E-state index is 12.0. The summed E-state index contributed by atoms with van der Waals surface area (Å²) in [6.07, 6.45) is 0.129. The molecule has 2 amide bonds. The van der Waals surface area contributed by atoms with Gasteiger partial charge in [-0.15, -0.1) is 0 Å². The van der Waals surface area contributed by atoms with Crippen molar-refractivity contribution in [2.24, 2.45) is 5.92 Å². The molecule has 22 heavy (non-hydrogen) atoms. The molecule has 2 rings (SSSR count). The number of hydrogen-bond acceptors (Lipinski definition) is 3. The standard InChI is InChI=1S/C16H20N2O4/c1-10-3-5-12(6-4-10)8-18-9-13(7-14(18)19)15(20)17-11(2)16(21)22/h3-6,11,13H,7-9H2,1-2H3,(H,17,20)(H,21,22). The lowest BCUT2D eigenvalue weighted by Gasteiger charge is -2.17. The van der Waals surface area contributed by atoms with E-state index in [9.17, 15) is 14.4 Å². The van der Waals surface area contributed by atoms with Gasteiger partial charge in [-0.3, -0.25) is 14.4 Å². The third-order valence-corrected chi connectivity index (χ3v) is 3.81. The molecule has 0 saturated carbocycles. The van der Waals surface area contributed by atoms with E-state index in [0.717, 1.165) is 11.1 Å². The van der Waals surface area contributed by atoms with E-state index in [1.54, 1.807) is 4.90 Å². The molecule has 1 heterocycles. The van der Waals surface area contributed by atoms with Gasteiger partial charge in [0.25, 0.3) is 0 Å². The summed E-state index contributed by atoms with van der Waals surface area (Å²) in [6, 6.07) is 6.93. The first-order valence-corrected chi connectivity index (χ1v) is 7.23. The van der Waals surface area contributed by atoms with Gasteiger partial charge in [0.05, 0.1) is 5.92 Å². The van der Waals surface area contributed by atoms with Crippen LogP contribution in [0.2, 0.25) is 0 Å². The normalized spacial score (nSPS) is 19.1. The average Bonchev–Trinajstić information content (AvgIpc) is 2.82. The quantitative estimate of drug-likeness (QED) is 0.847. The highest BCUT2D eigenvalue weighted by Crippen LogP contribution is 2.20. The molecule has 2 unspecified atom stereocenters. The van der Waals surface area contributed by atoms with Crippen molar-refractivity contribution in [1.82, 2.24) is 10.2 Å². The van der Waals surface area contributed by atoms with Crippen molar-refractivity contribution in [3.05, 3.63) is 35.4 Å². The van der Waals surface area contributed by atoms with Crippen LogP contribution in [0.25, 0.3) is 0 Å². The molecule has 2 N–H and O–H groups in total. The summed E-state index contributed by atoms with van der Waals surface area (Å²) >= 11 is 0. The number of carboxylic acid groups (broad SMARTS) is 1. The summed E-state index contributed by atoms with van der Waals surface area (Å²) in [5, 5.41) is 11.2. The second kappa shape index (κ2) is 6.60. The summed E-state index contributed by atoms with van der Waals surface area (Å²) in [7, 11) is 0. The molecule has 1 aliphatic heterocycles. The summed E-state index contributed by atoms with van der Waals surface area (Å²) in [4.78, 5) is 36.4. The number of hydrogen-bond donors (Lipinski definition) is 2. The van der Waals surface area contributed by atoms with Crippen LogP contribution < -0.4 is 5.32 Å². The molecule has 118 valence electrons. The molecule has 0 aliphatic carbocycles. The fourth-order valence-electron chi connectivity index (χ4n) is 2.41. The van der Waals surface area contributed by atoms with Gasteiger partial charge in [-0.05, 0) is 19.4 Å². The van der Waals surface area contributed by atoms with Crippen molar-refractivity contribution in [3.8, 4) is 0 Å². The SMILES string of the molecule is Cc1ccc(CN2CC(C(=O)NC(C)C(=O)O)CC2=O)cc1. The lowest BCUT2D eigenvalue weighted by atomic mass is 10.1. The van der Waals surface area contributed by atoms with Crippen LogP contribution in [0.5, 0.6) is 0 Å². The van der Waals surface area contributed by atoms with Gasteiger partial charge in [-0.1, -0.05) is 29.8 Å². The summed E-state index contributed by atoms with van der Waals surface area (Å²) in [5.74, 6) is -2.03. The first-order chi connectivity index (χ1) is 10.4. The predicted octanol–water partition coefficient (Wildman–Crippen LogP) is 0.933. The van der Waals surface area contributed by atoms with Crippen molar-refractivity contribution in [2.45, 2.75) is 32.9 Å². The second-order valence-corrected chi connectivity index (χ2v) is 5.73. The van der Waals surface area contributed by atoms with Gasteiger partial charge in [0.2, 0.25) is 11.8 Å². The lowest BCUT2D eigenvalue weighted by molar-refractivity contribution is -0.141. The maximum absolute atomic E-state index is 12.0. The number of aryl methyl sites for hydroxylation is 1. The Morgan fingerprint density at radius 3 is 2.59 bits per heavy atom. The minimum Gasteiger partial charge on any atom is -0.480 e. The zero-order valence-corrected chi connectivity index (χ0v) is 12.7. The molecule has 0 aromatic heterocycles. The zero-order valence-electron chi connectivity index (χ0n) is 12.7. The number of rotatable bonds is 5. The van der Waals surface area contributed by atoms with Crippen LogP contribution in [0.15, 0.2) is 24.3 Å². The first-order valence-electron chi connectivity index (χ1n) is 7.23. The number of amides is 2. The van der Waals surface area contributed by atoms with E-state index in [4.69, 9.17) is 5.11 Å². The van der Waals surface area contributed by atoms with Crippen LogP contribution in [0.1, 0.15) is 24.5 Å². The van der Waals surface area contributed by atoms with E-state index < -0.39 is 17.9 Å². The number of carbonyl (C=O) groups excluding carboxylic acids is 2. The van der Waals surface area contributed by atoms with Gasteiger partial charge < -0.3 is 15.3 Å². The number of benzene rings is 1. The summed E-state index contributed by atoms with van der Waals surface area (Å²) < 4.78 is 0. The first kappa shape index (κ1) is 16.0. The van der Waals surface area contributed by atoms with Gasteiger partial charge in [-0.2, -0.15) is 0 Å². The number of aliphatic carboxylic acids is 1. The van der Waals surface area contributed by atoms with Crippen molar-refractivity contribution in [1.29, 1.82) is 0 Å². The van der Waals surface area contributed by atoms with Crippen LogP contribution in [-0.4, -0.2) is 40.4 Å². The molecule has 1 saturated heterocycles. The Kier molecular flexibility index (Phi) is 4.80. The predicted molar refractivity (Wildman–Crippen MR) is 79.9 cm³/mol. The summed E-state index contributed by atoms with van der Waals surface area (Å²) in [5.41, 5.74) is 2.16. The molecule has 1 aliphatic rings. The Morgan fingerprint density at radius 1 is 1.36 bits per heavy atom. The van der Waals surface area contributed by atoms with Crippen LogP contribution in [-0.2, 0) is 20.9 Å². The topological polar surface area (TPSA) is 86.7 Å². The third kappa shape index (κ3) is 3.84. The monoisotopic (exact) mass is 304 g/mol. The van der Waals surface area contributed by atoms with Gasteiger partial charge in [0, 0.05) is 19.5 Å². The van der Waals surface area contributed by atoms with Crippen LogP contribution >= 0.6 is 0 Å². The van der Waals surface area contributed by atoms with Crippen LogP contribution in [0.4, 0.5) is 0 Å². The van der Waals surface area contributed by atoms with E-state index in [2.05, 4.69) is 5.32 Å². The van der Waals surface area contributed by atoms with Crippen molar-refractivity contribution < 1.29 is 19.5 Å². The molecular weight excluding hydrogens is 284 g/mol. The zero-order chi connectivity index (χ0) is 16.3. The van der Waals surface area contributed by atoms with Crippen LogP contribution in [0.3, 0.4) is 0 Å². The Labute approximate surface area is 129 Å². The third-order valence-electron chi connectivity index (χ3n) is 3.81. The molecule has 6 heteroatoms. The molecule has 1 aromatic rings. The smallest absolute Gasteiger partial charge is 0.325 e. The van der Waals surface area contributed by atoms with Gasteiger partial charge >= 0.3 is 5.97 Å². The number of likely N-dealkylation sites (tertiary alicyclic amines) is 1. The number of carbonyl (C=O) groups is 3. The van der Waals surface area contributed by atoms with Crippen molar-refractivity contribution >= 4 is 17.8 Å². The Morgan fingerprint density at radius 2 is 2.00 bits per heavy atom. The highest BCUT2D eigenvalue weighted by atomic mass is 16.4. The Balaban J connectivity index is 1.94. The average molecular weight is 304 g/mol. The number of carboxylic acids is 1. The van der Waals surface area contributed by atoms with Gasteiger partial charge in [0.15, 0.2) is 0 Å². The molecule has 1 aromatic carbocycles. The highest BCUT2D eigenvalue weighted by Gasteiger charge is 2.35. The van der Waals surface area contributed by atoms with Gasteiger partial charge in [-0.25, -0.2) is 0 Å². The summed E-state index contributed by atoms with van der Waals surface area (Å²) in [6.45, 7) is 4.19. The molecule has 6 nitrogen and oxygen atoms in total. The fraction of sp³-hybridized carbons (Fsp3) is 0.438. The lowest BCUT2D eigenvalue weighted by Crippen LogP contribution is -2.42. The highest BCUT2D eigenvalue weighted by molar-refractivity contribution is 5.91. The van der Waals surface area contributed by atoms with Crippen molar-refractivity contribution in [3.63, 3.8) is 0 Å². The van der Waals surface area contributed by atoms with E-state index >= 15 is 0 Å². The molecule has 0 bridgehead atoms. The van der Waals surface area contributed by atoms with E-state index in [-0.39, 0.29) is 18.2 Å². The van der Waals surface area contributed by atoms with Crippen molar-refractivity contribution in [2.75, 3.05) is 6.54 Å². The van der Waals surface area contributed by atoms with E-state index in [0.29, 0.717) is 13.1 Å². The minimum absolute atomic E-state index is 0.0799. The second-order valence-electron chi connectivity index (χ2n) is 5.73. The molecule has 0 radical (unpaired) electrons. The van der Waals surface area contributed by atoms with Gasteiger partial charge in [0.1, 0.15) is 6.04 Å². The molecular formula is C16H20N2O4. The Bertz CT molecular complexity index is 582. The van der Waals surface area contributed by atoms with E-state index in [1.807, 2.05) is 31.2 Å². The fourth-order valence-corrected chi connectivity index (χ4v) is 2.41. The molecule has 2 atom stereocenters. The molecule has 1 fully saturated rings.